The smallest absolute Gasteiger partial charge is 0.0517 e. The van der Waals surface area contributed by atoms with Crippen molar-refractivity contribution in [2.24, 2.45) is 9.98 Å². The molecule has 3 nitrogen and oxygen atoms in total. The Balaban J connectivity index is 1.66. The first kappa shape index (κ1) is 20.1. The van der Waals surface area contributed by atoms with Crippen molar-refractivity contribution in [1.29, 1.82) is 0 Å². The van der Waals surface area contributed by atoms with Gasteiger partial charge in [-0.1, -0.05) is 26.0 Å². The predicted octanol–water partition coefficient (Wildman–Crippen LogP) is 5.28. The van der Waals surface area contributed by atoms with Crippen LogP contribution in [0.25, 0.3) is 0 Å². The molecule has 2 aliphatic carbocycles. The van der Waals surface area contributed by atoms with E-state index in [1.54, 1.807) is 0 Å². The van der Waals surface area contributed by atoms with Crippen LogP contribution in [0.15, 0.2) is 33.3 Å². The van der Waals surface area contributed by atoms with Crippen LogP contribution in [0, 0.1) is 0 Å². The number of allylic oxidation sites excluding steroid dienone is 4. The molecule has 0 aliphatic heterocycles. The second kappa shape index (κ2) is 12.2. The number of hydrogen-bond acceptors (Lipinski definition) is 3. The van der Waals surface area contributed by atoms with E-state index in [0.29, 0.717) is 0 Å². The number of aliphatic imine (C=N–C) groups is 2. The summed E-state index contributed by atoms with van der Waals surface area (Å²) in [4.78, 5) is 9.66. The summed E-state index contributed by atoms with van der Waals surface area (Å²) in [5, 5.41) is 3.50. The van der Waals surface area contributed by atoms with Crippen LogP contribution in [0.1, 0.15) is 78.1 Å². The van der Waals surface area contributed by atoms with Crippen molar-refractivity contribution in [3.05, 3.63) is 23.3 Å². The molecule has 1 N–H and O–H groups in total. The molecule has 140 valence electrons. The molecule has 0 amide bonds. The van der Waals surface area contributed by atoms with Crippen molar-refractivity contribution in [2.45, 2.75) is 78.1 Å². The average Bonchev–Trinajstić information content (AvgIpc) is 2.68. The molecule has 0 atom stereocenters. The van der Waals surface area contributed by atoms with Crippen LogP contribution in [0.4, 0.5) is 0 Å². The fraction of sp³-hybridized carbons (Fsp3) is 0.727. The summed E-state index contributed by atoms with van der Waals surface area (Å²) >= 11 is 0. The Morgan fingerprint density at radius 1 is 0.800 bits per heavy atom. The lowest BCUT2D eigenvalue weighted by atomic mass is 9.95. The Morgan fingerprint density at radius 2 is 1.28 bits per heavy atom. The minimum Gasteiger partial charge on any atom is -0.313 e. The molecule has 2 rings (SSSR count). The van der Waals surface area contributed by atoms with Gasteiger partial charge in [0.25, 0.3) is 0 Å². The van der Waals surface area contributed by atoms with Crippen molar-refractivity contribution in [2.75, 3.05) is 26.2 Å². The van der Waals surface area contributed by atoms with Crippen LogP contribution in [0.3, 0.4) is 0 Å². The Labute approximate surface area is 154 Å². The lowest BCUT2D eigenvalue weighted by Gasteiger charge is -2.14. The highest BCUT2D eigenvalue weighted by Gasteiger charge is 2.09. The third-order valence-corrected chi connectivity index (χ3v) is 5.18. The second-order valence-corrected chi connectivity index (χ2v) is 7.06. The highest BCUT2D eigenvalue weighted by atomic mass is 14.9. The normalized spacial score (nSPS) is 19.6. The highest BCUT2D eigenvalue weighted by Crippen LogP contribution is 2.20. The van der Waals surface area contributed by atoms with E-state index in [-0.39, 0.29) is 0 Å². The summed E-state index contributed by atoms with van der Waals surface area (Å²) in [6.45, 7) is 8.13. The van der Waals surface area contributed by atoms with E-state index in [2.05, 4.69) is 31.3 Å². The quantitative estimate of drug-likeness (QED) is 0.425. The first-order chi connectivity index (χ1) is 12.3. The molecule has 0 saturated carbocycles. The van der Waals surface area contributed by atoms with Crippen molar-refractivity contribution in [3.8, 4) is 0 Å². The van der Waals surface area contributed by atoms with Gasteiger partial charge in [0.2, 0.25) is 0 Å². The van der Waals surface area contributed by atoms with E-state index in [9.17, 15) is 0 Å². The van der Waals surface area contributed by atoms with E-state index >= 15 is 0 Å². The van der Waals surface area contributed by atoms with E-state index in [4.69, 9.17) is 9.98 Å². The zero-order chi connectivity index (χ0) is 17.7. The van der Waals surface area contributed by atoms with Crippen LogP contribution >= 0.6 is 0 Å². The summed E-state index contributed by atoms with van der Waals surface area (Å²) in [5.74, 6) is 0. The molecule has 0 unspecified atom stereocenters. The molecule has 25 heavy (non-hydrogen) atoms. The number of nitrogens with zero attached hydrogens (tertiary/aromatic N) is 2. The average molecular weight is 344 g/mol. The van der Waals surface area contributed by atoms with Crippen LogP contribution in [-0.2, 0) is 0 Å². The minimum atomic E-state index is 0.885. The fourth-order valence-electron chi connectivity index (χ4n) is 3.75. The van der Waals surface area contributed by atoms with Gasteiger partial charge in [-0.25, -0.2) is 0 Å². The van der Waals surface area contributed by atoms with Crippen molar-refractivity contribution >= 4 is 11.4 Å². The monoisotopic (exact) mass is 343 g/mol. The lowest BCUT2D eigenvalue weighted by molar-refractivity contribution is 0.690. The van der Waals surface area contributed by atoms with Gasteiger partial charge in [0, 0.05) is 24.5 Å². The third kappa shape index (κ3) is 7.27. The van der Waals surface area contributed by atoms with Crippen molar-refractivity contribution in [3.63, 3.8) is 0 Å². The minimum absolute atomic E-state index is 0.885. The maximum atomic E-state index is 4.83. The summed E-state index contributed by atoms with van der Waals surface area (Å²) in [7, 11) is 0. The standard InChI is InChI=1S/C22H37N3/c1-3-21(19-11-7-5-8-12-19)24-17-15-23-16-18-25-22(4-2)20-13-9-6-10-14-20/h11,13,23H,3-10,12,14-18H2,1-2H3. The summed E-state index contributed by atoms with van der Waals surface area (Å²) < 4.78 is 0. The van der Waals surface area contributed by atoms with Gasteiger partial charge in [-0.3, -0.25) is 9.98 Å². The zero-order valence-corrected chi connectivity index (χ0v) is 16.4. The molecule has 0 saturated heterocycles. The third-order valence-electron chi connectivity index (χ3n) is 5.18. The molecule has 3 heteroatoms. The largest absolute Gasteiger partial charge is 0.313 e. The van der Waals surface area contributed by atoms with Gasteiger partial charge >= 0.3 is 0 Å². The summed E-state index contributed by atoms with van der Waals surface area (Å²) in [6, 6.07) is 0. The lowest BCUT2D eigenvalue weighted by Crippen LogP contribution is -2.22. The first-order valence-electron chi connectivity index (χ1n) is 10.5. The van der Waals surface area contributed by atoms with Gasteiger partial charge in [0.05, 0.1) is 13.1 Å². The Hall–Kier alpha value is -1.22. The van der Waals surface area contributed by atoms with E-state index < -0.39 is 0 Å². The van der Waals surface area contributed by atoms with Gasteiger partial charge in [-0.05, 0) is 75.4 Å². The van der Waals surface area contributed by atoms with Crippen molar-refractivity contribution < 1.29 is 0 Å². The number of rotatable bonds is 10. The van der Waals surface area contributed by atoms with Gasteiger partial charge in [-0.2, -0.15) is 0 Å². The summed E-state index contributed by atoms with van der Waals surface area (Å²) in [5.41, 5.74) is 5.67. The van der Waals surface area contributed by atoms with Gasteiger partial charge in [-0.15, -0.1) is 0 Å². The van der Waals surface area contributed by atoms with Crippen molar-refractivity contribution in [1.82, 2.24) is 5.32 Å². The van der Waals surface area contributed by atoms with Crippen LogP contribution in [-0.4, -0.2) is 37.6 Å². The maximum absolute atomic E-state index is 4.83. The van der Waals surface area contributed by atoms with Crippen LogP contribution in [0.5, 0.6) is 0 Å². The SMILES string of the molecule is CCC(=NCCNCCN=C(CC)C1=CCCCC1)C1=CCCCC1. The Bertz CT molecular complexity index is 465. The molecular weight excluding hydrogens is 306 g/mol. The molecule has 0 aromatic rings. The fourth-order valence-corrected chi connectivity index (χ4v) is 3.75. The topological polar surface area (TPSA) is 36.8 Å². The number of hydrogen-bond donors (Lipinski definition) is 1. The van der Waals surface area contributed by atoms with E-state index in [0.717, 1.165) is 39.0 Å². The first-order valence-corrected chi connectivity index (χ1v) is 10.5. The molecule has 0 spiro atoms. The molecule has 0 heterocycles. The van der Waals surface area contributed by atoms with Gasteiger partial charge in [0.1, 0.15) is 0 Å². The van der Waals surface area contributed by atoms with Crippen LogP contribution < -0.4 is 5.32 Å². The zero-order valence-electron chi connectivity index (χ0n) is 16.4. The van der Waals surface area contributed by atoms with Gasteiger partial charge in [0.15, 0.2) is 0 Å². The summed E-state index contributed by atoms with van der Waals surface area (Å²) in [6.07, 6.45) is 17.2. The van der Waals surface area contributed by atoms with Crippen LogP contribution in [0.2, 0.25) is 0 Å². The van der Waals surface area contributed by atoms with E-state index in [1.807, 2.05) is 0 Å². The molecule has 0 bridgehead atoms. The van der Waals surface area contributed by atoms with E-state index in [1.165, 1.54) is 73.9 Å². The molecule has 0 fully saturated rings. The maximum Gasteiger partial charge on any atom is 0.0517 e. The second-order valence-electron chi connectivity index (χ2n) is 7.06. The molecular formula is C22H37N3. The Morgan fingerprint density at radius 3 is 1.64 bits per heavy atom. The molecule has 0 radical (unpaired) electrons. The Kier molecular flexibility index (Phi) is 9.79. The van der Waals surface area contributed by atoms with Gasteiger partial charge < -0.3 is 5.32 Å². The molecule has 0 aromatic carbocycles. The predicted molar refractivity (Wildman–Crippen MR) is 111 cm³/mol. The number of nitrogens with one attached hydrogen (secondary N) is 1. The highest BCUT2D eigenvalue weighted by molar-refractivity contribution is 6.00. The molecule has 0 aromatic heterocycles. The molecule has 2 aliphatic rings.